The molecule has 1 aromatic carbocycles. The lowest BCUT2D eigenvalue weighted by atomic mass is 10.4. The van der Waals surface area contributed by atoms with Gasteiger partial charge in [0.15, 0.2) is 9.84 Å². The first-order valence-electron chi connectivity index (χ1n) is 5.77. The Balaban J connectivity index is 2.50. The summed E-state index contributed by atoms with van der Waals surface area (Å²) in [7, 11) is -7.73. The van der Waals surface area contributed by atoms with Gasteiger partial charge in [0, 0.05) is 24.3 Å². The van der Waals surface area contributed by atoms with Crippen LogP contribution >= 0.6 is 11.8 Å². The first kappa shape index (κ1) is 15.7. The van der Waals surface area contributed by atoms with Gasteiger partial charge in [-0.05, 0) is 12.1 Å². The quantitative estimate of drug-likeness (QED) is 0.819. The third-order valence-electron chi connectivity index (χ3n) is 2.96. The molecular formula is C11H14FNO4S3. The van der Waals surface area contributed by atoms with Gasteiger partial charge >= 0.3 is 0 Å². The highest BCUT2D eigenvalue weighted by Gasteiger charge is 2.40. The van der Waals surface area contributed by atoms with Crippen molar-refractivity contribution < 1.29 is 21.2 Å². The largest absolute Gasteiger partial charge is 0.247 e. The number of benzene rings is 1. The molecule has 1 aromatic rings. The highest BCUT2D eigenvalue weighted by Crippen LogP contribution is 2.28. The third-order valence-corrected chi connectivity index (χ3v) is 7.67. The van der Waals surface area contributed by atoms with Crippen molar-refractivity contribution in [2.75, 3.05) is 24.3 Å². The second-order valence-electron chi connectivity index (χ2n) is 4.41. The van der Waals surface area contributed by atoms with Crippen LogP contribution in [0.25, 0.3) is 0 Å². The first-order chi connectivity index (χ1) is 9.24. The average Bonchev–Trinajstić information content (AvgIpc) is 2.38. The van der Waals surface area contributed by atoms with Crippen molar-refractivity contribution in [3.05, 3.63) is 30.1 Å². The second kappa shape index (κ2) is 5.63. The van der Waals surface area contributed by atoms with E-state index in [1.807, 2.05) is 0 Å². The van der Waals surface area contributed by atoms with Gasteiger partial charge in [-0.2, -0.15) is 16.1 Å². The Labute approximate surface area is 122 Å². The summed E-state index contributed by atoms with van der Waals surface area (Å²) in [6, 6.07) is 4.98. The van der Waals surface area contributed by atoms with Gasteiger partial charge in [0.2, 0.25) is 10.0 Å². The van der Waals surface area contributed by atoms with E-state index >= 15 is 0 Å². The molecule has 1 fully saturated rings. The number of nitrogens with zero attached hydrogens (tertiary/aromatic N) is 1. The SMILES string of the molecule is CS(=O)(=O)C1CSCCN1S(=O)(=O)c1ccccc1F. The number of sulfone groups is 1. The van der Waals surface area contributed by atoms with Crippen molar-refractivity contribution in [3.8, 4) is 0 Å². The van der Waals surface area contributed by atoms with E-state index in [9.17, 15) is 21.2 Å². The number of hydrogen-bond donors (Lipinski definition) is 0. The van der Waals surface area contributed by atoms with Crippen molar-refractivity contribution in [1.82, 2.24) is 4.31 Å². The molecule has 112 valence electrons. The maximum atomic E-state index is 13.7. The maximum Gasteiger partial charge on any atom is 0.247 e. The molecule has 1 saturated heterocycles. The minimum absolute atomic E-state index is 0.0546. The molecule has 0 saturated carbocycles. The fraction of sp³-hybridized carbons (Fsp3) is 0.455. The molecule has 1 atom stereocenters. The van der Waals surface area contributed by atoms with Gasteiger partial charge in [-0.15, -0.1) is 0 Å². The zero-order chi connectivity index (χ0) is 15.0. The first-order valence-corrected chi connectivity index (χ1v) is 10.3. The Hall–Kier alpha value is -0.640. The van der Waals surface area contributed by atoms with Crippen LogP contribution in [0.4, 0.5) is 4.39 Å². The molecular weight excluding hydrogens is 325 g/mol. The highest BCUT2D eigenvalue weighted by atomic mass is 32.2. The molecule has 9 heteroatoms. The molecule has 0 amide bonds. The summed E-state index contributed by atoms with van der Waals surface area (Å²) in [6.07, 6.45) is 0.993. The van der Waals surface area contributed by atoms with Crippen LogP contribution in [0.15, 0.2) is 29.2 Å². The van der Waals surface area contributed by atoms with Crippen molar-refractivity contribution >= 4 is 31.6 Å². The summed E-state index contributed by atoms with van der Waals surface area (Å²) < 4.78 is 63.0. The summed E-state index contributed by atoms with van der Waals surface area (Å²) in [4.78, 5) is -0.486. The summed E-state index contributed by atoms with van der Waals surface area (Å²) in [6.45, 7) is 0.0546. The zero-order valence-corrected chi connectivity index (χ0v) is 13.1. The van der Waals surface area contributed by atoms with Gasteiger partial charge in [-0.1, -0.05) is 12.1 Å². The molecule has 20 heavy (non-hydrogen) atoms. The number of thioether (sulfide) groups is 1. The van der Waals surface area contributed by atoms with Crippen LogP contribution in [-0.2, 0) is 19.9 Å². The second-order valence-corrected chi connectivity index (χ2v) is 9.62. The van der Waals surface area contributed by atoms with E-state index in [0.29, 0.717) is 5.75 Å². The van der Waals surface area contributed by atoms with Crippen LogP contribution in [-0.4, -0.2) is 50.8 Å². The molecule has 0 aromatic heterocycles. The van der Waals surface area contributed by atoms with Crippen LogP contribution in [0.2, 0.25) is 0 Å². The average molecular weight is 339 g/mol. The summed E-state index contributed by atoms with van der Waals surface area (Å²) in [5.41, 5.74) is 0. The van der Waals surface area contributed by atoms with E-state index in [1.54, 1.807) is 0 Å². The lowest BCUT2D eigenvalue weighted by Gasteiger charge is -2.32. The molecule has 0 bridgehead atoms. The summed E-state index contributed by atoms with van der Waals surface area (Å²) in [5.74, 6) is -0.232. The Morgan fingerprint density at radius 2 is 1.90 bits per heavy atom. The van der Waals surface area contributed by atoms with Gasteiger partial charge in [-0.3, -0.25) is 0 Å². The van der Waals surface area contributed by atoms with Crippen LogP contribution in [0, 0.1) is 5.82 Å². The third kappa shape index (κ3) is 3.00. The molecule has 1 aliphatic rings. The molecule has 5 nitrogen and oxygen atoms in total. The van der Waals surface area contributed by atoms with E-state index in [-0.39, 0.29) is 12.3 Å². The smallest absolute Gasteiger partial charge is 0.227 e. The van der Waals surface area contributed by atoms with E-state index in [4.69, 9.17) is 0 Å². The van der Waals surface area contributed by atoms with Crippen LogP contribution < -0.4 is 0 Å². The Bertz CT molecular complexity index is 702. The van der Waals surface area contributed by atoms with E-state index in [1.165, 1.54) is 23.9 Å². The Kier molecular flexibility index (Phi) is 4.43. The molecule has 1 heterocycles. The predicted molar refractivity (Wildman–Crippen MR) is 76.2 cm³/mol. The Morgan fingerprint density at radius 3 is 2.50 bits per heavy atom. The summed E-state index contributed by atoms with van der Waals surface area (Å²) >= 11 is 1.37. The van der Waals surface area contributed by atoms with Crippen molar-refractivity contribution in [3.63, 3.8) is 0 Å². The molecule has 2 rings (SSSR count). The number of halogens is 1. The summed E-state index contributed by atoms with van der Waals surface area (Å²) in [5, 5.41) is -1.15. The van der Waals surface area contributed by atoms with Crippen molar-refractivity contribution in [2.24, 2.45) is 0 Å². The maximum absolute atomic E-state index is 13.7. The monoisotopic (exact) mass is 339 g/mol. The Morgan fingerprint density at radius 1 is 1.25 bits per heavy atom. The van der Waals surface area contributed by atoms with Crippen molar-refractivity contribution in [2.45, 2.75) is 10.3 Å². The topological polar surface area (TPSA) is 71.5 Å². The standard InChI is InChI=1S/C11H14FNO4S3/c1-19(14,15)11-8-18-7-6-13(11)20(16,17)10-5-3-2-4-9(10)12/h2-5,11H,6-8H2,1H3. The highest BCUT2D eigenvalue weighted by molar-refractivity contribution is 8.01. The minimum atomic E-state index is -4.16. The normalized spacial score (nSPS) is 21.8. The van der Waals surface area contributed by atoms with Gasteiger partial charge in [0.25, 0.3) is 0 Å². The molecule has 0 aliphatic carbocycles. The van der Waals surface area contributed by atoms with E-state index in [0.717, 1.165) is 22.7 Å². The number of rotatable bonds is 3. The van der Waals surface area contributed by atoms with Crippen LogP contribution in [0.1, 0.15) is 0 Å². The lowest BCUT2D eigenvalue weighted by Crippen LogP contribution is -2.49. The minimum Gasteiger partial charge on any atom is -0.227 e. The van der Waals surface area contributed by atoms with Crippen LogP contribution in [0.3, 0.4) is 0 Å². The number of hydrogen-bond acceptors (Lipinski definition) is 5. The predicted octanol–water partition coefficient (Wildman–Crippen LogP) is 0.934. The van der Waals surface area contributed by atoms with E-state index < -0.39 is 35.9 Å². The van der Waals surface area contributed by atoms with Gasteiger partial charge in [0.1, 0.15) is 16.1 Å². The fourth-order valence-corrected chi connectivity index (χ4v) is 7.19. The van der Waals surface area contributed by atoms with Crippen molar-refractivity contribution in [1.29, 1.82) is 0 Å². The lowest BCUT2D eigenvalue weighted by molar-refractivity contribution is 0.401. The molecule has 1 aliphatic heterocycles. The van der Waals surface area contributed by atoms with E-state index in [2.05, 4.69) is 0 Å². The molecule has 1 unspecified atom stereocenters. The molecule has 0 radical (unpaired) electrons. The van der Waals surface area contributed by atoms with Crippen LogP contribution in [0.5, 0.6) is 0 Å². The zero-order valence-electron chi connectivity index (χ0n) is 10.7. The molecule has 0 N–H and O–H groups in total. The van der Waals surface area contributed by atoms with Gasteiger partial charge in [-0.25, -0.2) is 21.2 Å². The number of sulfonamides is 1. The van der Waals surface area contributed by atoms with Gasteiger partial charge < -0.3 is 0 Å². The van der Waals surface area contributed by atoms with Gasteiger partial charge in [0.05, 0.1) is 0 Å². The fourth-order valence-electron chi connectivity index (χ4n) is 1.96. The molecule has 0 spiro atoms.